The minimum atomic E-state index is -0.340. The third-order valence-corrected chi connectivity index (χ3v) is 1.89. The van der Waals surface area contributed by atoms with E-state index >= 15 is 0 Å². The van der Waals surface area contributed by atoms with E-state index in [-0.39, 0.29) is 6.10 Å². The molecule has 2 heteroatoms. The number of rotatable bonds is 4. The molecule has 0 fully saturated rings. The van der Waals surface area contributed by atoms with Gasteiger partial charge in [-0.15, -0.1) is 0 Å². The fraction of sp³-hybridized carbons (Fsp3) is 0.667. The molecule has 0 amide bonds. The van der Waals surface area contributed by atoms with Gasteiger partial charge in [-0.2, -0.15) is 0 Å². The van der Waals surface area contributed by atoms with Gasteiger partial charge >= 0.3 is 0 Å². The van der Waals surface area contributed by atoms with Crippen molar-refractivity contribution in [2.24, 2.45) is 0 Å². The molecule has 0 saturated carbocycles. The fourth-order valence-corrected chi connectivity index (χ4v) is 1.13. The molecule has 1 N–H and O–H groups in total. The van der Waals surface area contributed by atoms with Gasteiger partial charge in [0, 0.05) is 13.0 Å². The van der Waals surface area contributed by atoms with E-state index in [0.29, 0.717) is 13.0 Å². The first-order valence-electron chi connectivity index (χ1n) is 5.07. The summed E-state index contributed by atoms with van der Waals surface area (Å²) in [6.07, 6.45) is 3.20. The highest BCUT2D eigenvalue weighted by Gasteiger charge is 2.02. The molecule has 0 aromatic carbocycles. The zero-order chi connectivity index (χ0) is 11.0. The van der Waals surface area contributed by atoms with Crippen LogP contribution in [0.15, 0.2) is 11.6 Å². The topological polar surface area (TPSA) is 23.5 Å². The summed E-state index contributed by atoms with van der Waals surface area (Å²) >= 11 is 0. The first-order valence-corrected chi connectivity index (χ1v) is 5.07. The van der Waals surface area contributed by atoms with E-state index in [4.69, 9.17) is 0 Å². The van der Waals surface area contributed by atoms with Crippen molar-refractivity contribution in [3.63, 3.8) is 0 Å². The van der Waals surface area contributed by atoms with Crippen LogP contribution in [0.2, 0.25) is 0 Å². The second-order valence-electron chi connectivity index (χ2n) is 3.59. The van der Waals surface area contributed by atoms with Gasteiger partial charge in [-0.25, -0.2) is 0 Å². The molecule has 2 nitrogen and oxygen atoms in total. The van der Waals surface area contributed by atoms with Gasteiger partial charge in [-0.3, -0.25) is 0 Å². The molecular weight excluding hydrogens is 174 g/mol. The van der Waals surface area contributed by atoms with Crippen molar-refractivity contribution in [1.29, 1.82) is 0 Å². The van der Waals surface area contributed by atoms with Crippen LogP contribution in [0.25, 0.3) is 0 Å². The molecule has 1 unspecified atom stereocenters. The summed E-state index contributed by atoms with van der Waals surface area (Å²) < 4.78 is 0. The number of hydrogen-bond donors (Lipinski definition) is 1. The highest BCUT2D eigenvalue weighted by atomic mass is 16.3. The minimum Gasteiger partial charge on any atom is -0.391 e. The van der Waals surface area contributed by atoms with Crippen molar-refractivity contribution < 1.29 is 5.11 Å². The van der Waals surface area contributed by atoms with Crippen molar-refractivity contribution in [3.8, 4) is 11.8 Å². The van der Waals surface area contributed by atoms with Crippen molar-refractivity contribution in [1.82, 2.24) is 4.90 Å². The molecule has 14 heavy (non-hydrogen) atoms. The highest BCUT2D eigenvalue weighted by Crippen LogP contribution is 1.98. The zero-order valence-corrected chi connectivity index (χ0v) is 9.67. The largest absolute Gasteiger partial charge is 0.391 e. The van der Waals surface area contributed by atoms with Crippen LogP contribution in [-0.4, -0.2) is 36.8 Å². The molecule has 0 aromatic rings. The lowest BCUT2D eigenvalue weighted by Gasteiger charge is -2.12. The first kappa shape index (κ1) is 13.2. The van der Waals surface area contributed by atoms with E-state index < -0.39 is 0 Å². The number of nitrogens with zero attached hydrogens (tertiary/aromatic N) is 1. The lowest BCUT2D eigenvalue weighted by molar-refractivity contribution is 0.141. The molecule has 0 heterocycles. The second kappa shape index (κ2) is 7.61. The second-order valence-corrected chi connectivity index (χ2v) is 3.59. The third-order valence-electron chi connectivity index (χ3n) is 1.89. The molecule has 0 aliphatic heterocycles. The lowest BCUT2D eigenvalue weighted by atomic mass is 10.2. The molecular formula is C12H21NO. The van der Waals surface area contributed by atoms with E-state index in [1.165, 1.54) is 0 Å². The summed E-state index contributed by atoms with van der Waals surface area (Å²) in [5, 5.41) is 9.51. The van der Waals surface area contributed by atoms with Crippen molar-refractivity contribution >= 4 is 0 Å². The zero-order valence-electron chi connectivity index (χ0n) is 9.67. The van der Waals surface area contributed by atoms with E-state index in [1.54, 1.807) is 0 Å². The summed E-state index contributed by atoms with van der Waals surface area (Å²) in [6, 6.07) is 0. The van der Waals surface area contributed by atoms with Gasteiger partial charge in [0.05, 0.1) is 6.10 Å². The summed E-state index contributed by atoms with van der Waals surface area (Å²) in [6.45, 7) is 4.75. The van der Waals surface area contributed by atoms with Gasteiger partial charge < -0.3 is 10.0 Å². The number of aliphatic hydroxyl groups excluding tert-OH is 1. The van der Waals surface area contributed by atoms with Gasteiger partial charge in [0.2, 0.25) is 0 Å². The highest BCUT2D eigenvalue weighted by molar-refractivity contribution is 5.27. The molecule has 0 bridgehead atoms. The van der Waals surface area contributed by atoms with Crippen molar-refractivity contribution in [2.45, 2.75) is 32.8 Å². The van der Waals surface area contributed by atoms with Crippen LogP contribution < -0.4 is 0 Å². The van der Waals surface area contributed by atoms with E-state index in [0.717, 1.165) is 12.0 Å². The van der Waals surface area contributed by atoms with Gasteiger partial charge in [0.1, 0.15) is 0 Å². The Kier molecular flexibility index (Phi) is 7.18. The molecule has 80 valence electrons. The molecule has 0 aromatic heterocycles. The van der Waals surface area contributed by atoms with Crippen LogP contribution in [0.3, 0.4) is 0 Å². The van der Waals surface area contributed by atoms with Gasteiger partial charge in [-0.05, 0) is 33.0 Å². The fourth-order valence-electron chi connectivity index (χ4n) is 1.13. The average molecular weight is 195 g/mol. The van der Waals surface area contributed by atoms with Gasteiger partial charge in [0.15, 0.2) is 0 Å². The monoisotopic (exact) mass is 195 g/mol. The smallest absolute Gasteiger partial charge is 0.0776 e. The van der Waals surface area contributed by atoms with Crippen LogP contribution in [0.4, 0.5) is 0 Å². The maximum Gasteiger partial charge on any atom is 0.0776 e. The van der Waals surface area contributed by atoms with Gasteiger partial charge in [-0.1, -0.05) is 24.8 Å². The van der Waals surface area contributed by atoms with E-state index in [1.807, 2.05) is 32.0 Å². The Morgan fingerprint density at radius 3 is 2.57 bits per heavy atom. The Balaban J connectivity index is 3.91. The summed E-state index contributed by atoms with van der Waals surface area (Å²) in [5.74, 6) is 6.05. The lowest BCUT2D eigenvalue weighted by Crippen LogP contribution is -2.25. The number of allylic oxidation sites excluding steroid dienone is 2. The van der Waals surface area contributed by atoms with Crippen molar-refractivity contribution in [3.05, 3.63) is 11.6 Å². The Hall–Kier alpha value is -0.780. The predicted molar refractivity (Wildman–Crippen MR) is 61.0 cm³/mol. The molecule has 0 aliphatic carbocycles. The minimum absolute atomic E-state index is 0.340. The maximum atomic E-state index is 9.51. The van der Waals surface area contributed by atoms with Crippen LogP contribution in [0.5, 0.6) is 0 Å². The van der Waals surface area contributed by atoms with Crippen molar-refractivity contribution in [2.75, 3.05) is 20.6 Å². The van der Waals surface area contributed by atoms with Crippen LogP contribution >= 0.6 is 0 Å². The third kappa shape index (κ3) is 6.71. The number of hydrogen-bond acceptors (Lipinski definition) is 2. The molecule has 0 rings (SSSR count). The maximum absolute atomic E-state index is 9.51. The van der Waals surface area contributed by atoms with E-state index in [2.05, 4.69) is 18.8 Å². The normalized spacial score (nSPS) is 13.7. The van der Waals surface area contributed by atoms with Crippen LogP contribution in [0, 0.1) is 11.8 Å². The number of aliphatic hydroxyl groups is 1. The number of likely N-dealkylation sites (N-methyl/N-ethyl adjacent to an activating group) is 1. The van der Waals surface area contributed by atoms with Crippen LogP contribution in [-0.2, 0) is 0 Å². The standard InChI is InChI=1S/C12H21NO/c1-5-11(6-2)8-7-9-12(14)10-13(3)4/h5,12,14H,6,9-10H2,1-4H3/b11-5-. The van der Waals surface area contributed by atoms with Crippen LogP contribution in [0.1, 0.15) is 26.7 Å². The molecule has 0 saturated heterocycles. The summed E-state index contributed by atoms with van der Waals surface area (Å²) in [4.78, 5) is 1.96. The Morgan fingerprint density at radius 1 is 1.50 bits per heavy atom. The summed E-state index contributed by atoms with van der Waals surface area (Å²) in [7, 11) is 3.89. The average Bonchev–Trinajstić information content (AvgIpc) is 2.11. The Labute approximate surface area is 87.6 Å². The Bertz CT molecular complexity index is 232. The molecule has 1 atom stereocenters. The van der Waals surface area contributed by atoms with Gasteiger partial charge in [0.25, 0.3) is 0 Å². The molecule has 0 spiro atoms. The first-order chi connectivity index (χ1) is 6.60. The molecule has 0 radical (unpaired) electrons. The quantitative estimate of drug-likeness (QED) is 0.690. The SMILES string of the molecule is C/C=C(\C#CCC(O)CN(C)C)CC. The Morgan fingerprint density at radius 2 is 2.14 bits per heavy atom. The van der Waals surface area contributed by atoms with E-state index in [9.17, 15) is 5.11 Å². The summed E-state index contributed by atoms with van der Waals surface area (Å²) in [5.41, 5.74) is 1.14. The predicted octanol–water partition coefficient (Wildman–Crippen LogP) is 1.66. The molecule has 0 aliphatic rings.